The van der Waals surface area contributed by atoms with Crippen molar-refractivity contribution in [1.29, 1.82) is 0 Å². The van der Waals surface area contributed by atoms with Gasteiger partial charge < -0.3 is 18.4 Å². The Morgan fingerprint density at radius 3 is 1.18 bits per heavy atom. The smallest absolute Gasteiger partial charge is 0.206 e. The van der Waals surface area contributed by atoms with Crippen LogP contribution in [0.2, 0.25) is 0 Å². The molecule has 0 saturated carbocycles. The van der Waals surface area contributed by atoms with E-state index in [1.54, 1.807) is 48.5 Å². The molecule has 0 aliphatic heterocycles. The van der Waals surface area contributed by atoms with E-state index in [1.807, 2.05) is 48.5 Å². The van der Waals surface area contributed by atoms with Crippen molar-refractivity contribution in [3.8, 4) is 23.0 Å². The highest BCUT2D eigenvalue weighted by Gasteiger charge is 2.19. The minimum Gasteiger partial charge on any atom is -0.457 e. The number of quaternary nitrogens is 2. The van der Waals surface area contributed by atoms with E-state index in [9.17, 15) is 8.42 Å². The summed E-state index contributed by atoms with van der Waals surface area (Å²) in [7, 11) is 9.05. The van der Waals surface area contributed by atoms with Gasteiger partial charge in [-0.1, -0.05) is 24.3 Å². The molecule has 0 amide bonds. The second kappa shape index (κ2) is 11.2. The van der Waals surface area contributed by atoms with Crippen molar-refractivity contribution in [2.45, 2.75) is 22.9 Å². The van der Waals surface area contributed by atoms with E-state index in [1.165, 1.54) is 0 Å². The van der Waals surface area contributed by atoms with E-state index >= 15 is 0 Å². The van der Waals surface area contributed by atoms with Crippen LogP contribution in [0.4, 0.5) is 0 Å². The normalized spacial score (nSPS) is 12.3. The molecule has 0 radical (unpaired) electrons. The number of sulfone groups is 1. The molecule has 0 aliphatic carbocycles. The SMILES string of the molecule is C[N+](C)(C)Cc1ccccc1Oc1ccc(S(=O)(=O)c2ccc(Oc3ccccc3C[N+](C)(C)C)cc2)cc1. The monoisotopic (exact) mass is 546 g/mol. The maximum atomic E-state index is 13.3. The lowest BCUT2D eigenvalue weighted by atomic mass is 10.2. The molecule has 39 heavy (non-hydrogen) atoms. The van der Waals surface area contributed by atoms with Gasteiger partial charge in [-0.25, -0.2) is 8.42 Å². The lowest BCUT2D eigenvalue weighted by Crippen LogP contribution is -2.33. The minimum atomic E-state index is -3.70. The van der Waals surface area contributed by atoms with Crippen LogP contribution in [0.25, 0.3) is 0 Å². The number of para-hydroxylation sites is 2. The average molecular weight is 547 g/mol. The molecule has 204 valence electrons. The number of benzene rings is 4. The Morgan fingerprint density at radius 1 is 0.513 bits per heavy atom. The van der Waals surface area contributed by atoms with E-state index < -0.39 is 9.84 Å². The second-order valence-corrected chi connectivity index (χ2v) is 13.7. The molecule has 0 heterocycles. The van der Waals surface area contributed by atoms with Crippen LogP contribution < -0.4 is 9.47 Å². The molecule has 7 heteroatoms. The zero-order valence-corrected chi connectivity index (χ0v) is 24.4. The molecular formula is C32H38N2O4S+2. The molecule has 0 bridgehead atoms. The standard InChI is InChI=1S/C32H38N2O4S/c1-33(2,3)23-25-11-7-9-13-31(25)37-27-15-19-29(20-16-27)39(35,36)30-21-17-28(18-22-30)38-32-14-10-8-12-26(32)24-34(4,5)6/h7-22H,23-24H2,1-6H3/q+2. The third kappa shape index (κ3) is 7.69. The van der Waals surface area contributed by atoms with Crippen LogP contribution in [0, 0.1) is 0 Å². The van der Waals surface area contributed by atoms with Gasteiger partial charge in [-0.3, -0.25) is 0 Å². The van der Waals surface area contributed by atoms with Crippen LogP contribution in [0.15, 0.2) is 107 Å². The van der Waals surface area contributed by atoms with Crippen LogP contribution >= 0.6 is 0 Å². The largest absolute Gasteiger partial charge is 0.457 e. The summed E-state index contributed by atoms with van der Waals surface area (Å²) < 4.78 is 40.4. The maximum absolute atomic E-state index is 13.3. The first-order valence-corrected chi connectivity index (χ1v) is 14.4. The second-order valence-electron chi connectivity index (χ2n) is 11.8. The number of nitrogens with zero attached hydrogens (tertiary/aromatic N) is 2. The molecule has 0 aromatic heterocycles. The molecule has 4 aromatic rings. The van der Waals surface area contributed by atoms with Gasteiger partial charge in [0.25, 0.3) is 0 Å². The van der Waals surface area contributed by atoms with Gasteiger partial charge in [0.2, 0.25) is 9.84 Å². The van der Waals surface area contributed by atoms with Crippen LogP contribution in [0.3, 0.4) is 0 Å². The van der Waals surface area contributed by atoms with Gasteiger partial charge >= 0.3 is 0 Å². The topological polar surface area (TPSA) is 52.6 Å². The molecule has 0 unspecified atom stereocenters. The van der Waals surface area contributed by atoms with Crippen LogP contribution in [-0.4, -0.2) is 59.7 Å². The van der Waals surface area contributed by atoms with Gasteiger partial charge in [-0.2, -0.15) is 0 Å². The fraction of sp³-hybridized carbons (Fsp3) is 0.250. The van der Waals surface area contributed by atoms with E-state index in [2.05, 4.69) is 42.3 Å². The van der Waals surface area contributed by atoms with E-state index in [0.29, 0.717) is 11.5 Å². The van der Waals surface area contributed by atoms with Crippen molar-refractivity contribution in [2.24, 2.45) is 0 Å². The number of ether oxygens (including phenoxy) is 2. The Morgan fingerprint density at radius 2 is 0.846 bits per heavy atom. The number of hydrogen-bond acceptors (Lipinski definition) is 4. The highest BCUT2D eigenvalue weighted by atomic mass is 32.2. The molecule has 0 spiro atoms. The predicted octanol–water partition coefficient (Wildman–Crippen LogP) is 6.52. The zero-order valence-electron chi connectivity index (χ0n) is 23.6. The number of rotatable bonds is 10. The highest BCUT2D eigenvalue weighted by Crippen LogP contribution is 2.31. The van der Waals surface area contributed by atoms with Gasteiger partial charge in [-0.05, 0) is 72.8 Å². The van der Waals surface area contributed by atoms with Crippen molar-refractivity contribution in [3.63, 3.8) is 0 Å². The molecule has 6 nitrogen and oxygen atoms in total. The Labute approximate surface area is 232 Å². The Kier molecular flexibility index (Phi) is 8.16. The first-order chi connectivity index (χ1) is 18.3. The van der Waals surface area contributed by atoms with E-state index in [4.69, 9.17) is 9.47 Å². The summed E-state index contributed by atoms with van der Waals surface area (Å²) in [5.74, 6) is 2.69. The number of hydrogen-bond donors (Lipinski definition) is 0. The van der Waals surface area contributed by atoms with Crippen molar-refractivity contribution in [1.82, 2.24) is 0 Å². The summed E-state index contributed by atoms with van der Waals surface area (Å²) in [4.78, 5) is 0.410. The quantitative estimate of drug-likeness (QED) is 0.213. The first-order valence-electron chi connectivity index (χ1n) is 12.9. The molecule has 0 N–H and O–H groups in total. The van der Waals surface area contributed by atoms with Gasteiger partial charge in [0, 0.05) is 11.1 Å². The fourth-order valence-corrected chi connectivity index (χ4v) is 5.51. The van der Waals surface area contributed by atoms with E-state index in [0.717, 1.165) is 44.7 Å². The third-order valence-corrected chi connectivity index (χ3v) is 7.74. The fourth-order valence-electron chi connectivity index (χ4n) is 4.25. The van der Waals surface area contributed by atoms with Crippen LogP contribution in [0.1, 0.15) is 11.1 Å². The van der Waals surface area contributed by atoms with Gasteiger partial charge in [0.1, 0.15) is 36.1 Å². The zero-order chi connectivity index (χ0) is 28.3. The van der Waals surface area contributed by atoms with Crippen LogP contribution in [-0.2, 0) is 22.9 Å². The van der Waals surface area contributed by atoms with Crippen molar-refractivity contribution in [3.05, 3.63) is 108 Å². The lowest BCUT2D eigenvalue weighted by Gasteiger charge is -2.25. The van der Waals surface area contributed by atoms with Crippen molar-refractivity contribution < 1.29 is 26.9 Å². The molecule has 0 saturated heterocycles. The van der Waals surface area contributed by atoms with E-state index in [-0.39, 0.29) is 9.79 Å². The highest BCUT2D eigenvalue weighted by molar-refractivity contribution is 7.91. The van der Waals surface area contributed by atoms with Gasteiger partial charge in [0.15, 0.2) is 0 Å². The molecule has 0 fully saturated rings. The summed E-state index contributed by atoms with van der Waals surface area (Å²) in [6.45, 7) is 1.62. The third-order valence-electron chi connectivity index (χ3n) is 5.96. The van der Waals surface area contributed by atoms with Gasteiger partial charge in [0.05, 0.1) is 52.1 Å². The Bertz CT molecular complexity index is 1410. The summed E-state index contributed by atoms with van der Waals surface area (Å²) >= 11 is 0. The summed E-state index contributed by atoms with van der Waals surface area (Å²) in [5, 5.41) is 0. The summed E-state index contributed by atoms with van der Waals surface area (Å²) in [5.41, 5.74) is 2.17. The lowest BCUT2D eigenvalue weighted by molar-refractivity contribution is -0.884. The molecule has 4 aromatic carbocycles. The predicted molar refractivity (Wildman–Crippen MR) is 155 cm³/mol. The Balaban J connectivity index is 1.49. The Hall–Kier alpha value is -3.65. The molecule has 0 aliphatic rings. The van der Waals surface area contributed by atoms with Gasteiger partial charge in [-0.15, -0.1) is 0 Å². The summed E-state index contributed by atoms with van der Waals surface area (Å²) in [6.07, 6.45) is 0. The van der Waals surface area contributed by atoms with Crippen molar-refractivity contribution >= 4 is 9.84 Å². The first kappa shape index (κ1) is 28.4. The van der Waals surface area contributed by atoms with Crippen molar-refractivity contribution in [2.75, 3.05) is 42.3 Å². The maximum Gasteiger partial charge on any atom is 0.206 e. The molecule has 4 rings (SSSR count). The average Bonchev–Trinajstić information content (AvgIpc) is 2.85. The summed E-state index contributed by atoms with van der Waals surface area (Å²) in [6, 6.07) is 28.9. The molecular weight excluding hydrogens is 508 g/mol. The minimum absolute atomic E-state index is 0.205. The van der Waals surface area contributed by atoms with Crippen LogP contribution in [0.5, 0.6) is 23.0 Å². The molecule has 0 atom stereocenters.